The predicted octanol–water partition coefficient (Wildman–Crippen LogP) is 3.59. The molecule has 1 heterocycles. The Morgan fingerprint density at radius 1 is 1.27 bits per heavy atom. The third-order valence-corrected chi connectivity index (χ3v) is 3.60. The third kappa shape index (κ3) is 2.09. The lowest BCUT2D eigenvalue weighted by Crippen LogP contribution is -2.10. The van der Waals surface area contributed by atoms with Crippen LogP contribution in [0.4, 0.5) is 0 Å². The Bertz CT molecular complexity index is 319. The summed E-state index contributed by atoms with van der Waals surface area (Å²) in [7, 11) is 2.17. The molecule has 0 aromatic carbocycles. The number of nitrogens with zero attached hydrogens (tertiary/aromatic N) is 2. The van der Waals surface area contributed by atoms with Crippen LogP contribution in [-0.2, 0) is 7.05 Å². The monoisotopic (exact) mass is 206 g/mol. The van der Waals surface area contributed by atoms with E-state index < -0.39 is 0 Å². The van der Waals surface area contributed by atoms with Crippen LogP contribution >= 0.6 is 0 Å². The summed E-state index contributed by atoms with van der Waals surface area (Å²) in [4.78, 5) is 4.55. The first-order valence-corrected chi connectivity index (χ1v) is 6.21. The first-order valence-electron chi connectivity index (χ1n) is 6.21. The lowest BCUT2D eigenvalue weighted by Gasteiger charge is -2.22. The largest absolute Gasteiger partial charge is 0.335 e. The van der Waals surface area contributed by atoms with Gasteiger partial charge in [0.05, 0.1) is 0 Å². The van der Waals surface area contributed by atoms with Crippen molar-refractivity contribution in [2.24, 2.45) is 7.05 Å². The van der Waals surface area contributed by atoms with Crippen LogP contribution in [-0.4, -0.2) is 9.55 Å². The van der Waals surface area contributed by atoms with Crippen LogP contribution in [0.25, 0.3) is 0 Å². The molecule has 1 fully saturated rings. The van der Waals surface area contributed by atoms with Gasteiger partial charge in [0.15, 0.2) is 0 Å². The molecule has 1 aromatic heterocycles. The summed E-state index contributed by atoms with van der Waals surface area (Å²) in [6.07, 6.45) is 9.03. The van der Waals surface area contributed by atoms with Gasteiger partial charge < -0.3 is 4.57 Å². The van der Waals surface area contributed by atoms with E-state index in [-0.39, 0.29) is 0 Å². The average molecular weight is 206 g/mol. The first kappa shape index (κ1) is 10.7. The zero-order valence-corrected chi connectivity index (χ0v) is 10.2. The normalized spacial score (nSPS) is 18.7. The van der Waals surface area contributed by atoms with E-state index in [0.717, 1.165) is 5.92 Å². The molecule has 0 bridgehead atoms. The lowest BCUT2D eigenvalue weighted by atomic mass is 9.87. The van der Waals surface area contributed by atoms with Gasteiger partial charge in [0.25, 0.3) is 0 Å². The smallest absolute Gasteiger partial charge is 0.111 e. The molecule has 0 amide bonds. The quantitative estimate of drug-likeness (QED) is 0.723. The van der Waals surface area contributed by atoms with E-state index in [1.807, 2.05) is 0 Å². The summed E-state index contributed by atoms with van der Waals surface area (Å²) in [5.74, 6) is 2.53. The molecule has 1 aromatic rings. The molecule has 0 radical (unpaired) electrons. The molecule has 0 N–H and O–H groups in total. The molecule has 15 heavy (non-hydrogen) atoms. The van der Waals surface area contributed by atoms with E-state index >= 15 is 0 Å². The van der Waals surface area contributed by atoms with Gasteiger partial charge in [-0.1, -0.05) is 33.1 Å². The van der Waals surface area contributed by atoms with Crippen LogP contribution in [0.5, 0.6) is 0 Å². The third-order valence-electron chi connectivity index (χ3n) is 3.60. The van der Waals surface area contributed by atoms with Crippen LogP contribution in [0.2, 0.25) is 0 Å². The van der Waals surface area contributed by atoms with Crippen molar-refractivity contribution in [2.45, 2.75) is 57.8 Å². The number of hydrogen-bond acceptors (Lipinski definition) is 1. The van der Waals surface area contributed by atoms with Crippen LogP contribution in [0.1, 0.15) is 69.3 Å². The lowest BCUT2D eigenvalue weighted by molar-refractivity contribution is 0.427. The molecule has 1 aliphatic rings. The van der Waals surface area contributed by atoms with E-state index in [1.54, 1.807) is 0 Å². The van der Waals surface area contributed by atoms with Crippen molar-refractivity contribution in [3.63, 3.8) is 0 Å². The van der Waals surface area contributed by atoms with Gasteiger partial charge in [-0.25, -0.2) is 4.98 Å². The van der Waals surface area contributed by atoms with E-state index in [9.17, 15) is 0 Å². The summed E-state index contributed by atoms with van der Waals surface area (Å²) in [6, 6.07) is 0. The highest BCUT2D eigenvalue weighted by Crippen LogP contribution is 2.33. The molecule has 0 unspecified atom stereocenters. The fraction of sp³-hybridized carbons (Fsp3) is 0.769. The van der Waals surface area contributed by atoms with Gasteiger partial charge in [-0.05, 0) is 12.8 Å². The van der Waals surface area contributed by atoms with Crippen molar-refractivity contribution < 1.29 is 0 Å². The summed E-state index contributed by atoms with van der Waals surface area (Å²) in [5.41, 5.74) is 1.46. The van der Waals surface area contributed by atoms with Gasteiger partial charge in [-0.15, -0.1) is 0 Å². The Labute approximate surface area is 92.7 Å². The van der Waals surface area contributed by atoms with Gasteiger partial charge in [-0.3, -0.25) is 0 Å². The van der Waals surface area contributed by atoms with E-state index in [1.165, 1.54) is 43.6 Å². The molecule has 0 saturated heterocycles. The zero-order chi connectivity index (χ0) is 10.8. The molecule has 0 aliphatic heterocycles. The zero-order valence-electron chi connectivity index (χ0n) is 10.2. The molecule has 84 valence electrons. The van der Waals surface area contributed by atoms with Crippen LogP contribution < -0.4 is 0 Å². The number of hydrogen-bond donors (Lipinski definition) is 0. The maximum Gasteiger partial charge on any atom is 0.111 e. The first-order chi connectivity index (χ1) is 7.20. The highest BCUT2D eigenvalue weighted by molar-refractivity contribution is 5.13. The molecule has 2 nitrogen and oxygen atoms in total. The molecule has 2 rings (SSSR count). The van der Waals surface area contributed by atoms with Crippen LogP contribution in [0.15, 0.2) is 6.20 Å². The van der Waals surface area contributed by atoms with Gasteiger partial charge in [0.1, 0.15) is 5.82 Å². The van der Waals surface area contributed by atoms with E-state index in [2.05, 4.69) is 36.6 Å². The minimum atomic E-state index is 0.535. The summed E-state index contributed by atoms with van der Waals surface area (Å²) in [6.45, 7) is 4.43. The standard InChI is InChI=1S/C13H22N2/c1-10(2)13-14-9-12(15(13)3)11-7-5-4-6-8-11/h9-11H,4-8H2,1-3H3. The minimum absolute atomic E-state index is 0.535. The Morgan fingerprint density at radius 2 is 1.93 bits per heavy atom. The molecule has 1 aliphatic carbocycles. The van der Waals surface area contributed by atoms with Crippen molar-refractivity contribution in [3.8, 4) is 0 Å². The molecular formula is C13H22N2. The maximum absolute atomic E-state index is 4.55. The van der Waals surface area contributed by atoms with Gasteiger partial charge >= 0.3 is 0 Å². The Morgan fingerprint density at radius 3 is 2.47 bits per heavy atom. The van der Waals surface area contributed by atoms with Crippen molar-refractivity contribution in [1.29, 1.82) is 0 Å². The van der Waals surface area contributed by atoms with Gasteiger partial charge in [-0.2, -0.15) is 0 Å². The predicted molar refractivity (Wildman–Crippen MR) is 63.1 cm³/mol. The maximum atomic E-state index is 4.55. The Hall–Kier alpha value is -0.790. The van der Waals surface area contributed by atoms with E-state index in [4.69, 9.17) is 0 Å². The molecule has 1 saturated carbocycles. The molecule has 0 spiro atoms. The van der Waals surface area contributed by atoms with Gasteiger partial charge in [0.2, 0.25) is 0 Å². The second kappa shape index (κ2) is 4.38. The number of rotatable bonds is 2. The van der Waals surface area contributed by atoms with Gasteiger partial charge in [0, 0.05) is 30.8 Å². The second-order valence-electron chi connectivity index (χ2n) is 5.09. The molecule has 2 heteroatoms. The fourth-order valence-electron chi connectivity index (χ4n) is 2.75. The second-order valence-corrected chi connectivity index (χ2v) is 5.09. The van der Waals surface area contributed by atoms with Crippen molar-refractivity contribution in [2.75, 3.05) is 0 Å². The summed E-state index contributed by atoms with van der Waals surface area (Å²) >= 11 is 0. The van der Waals surface area contributed by atoms with Crippen LogP contribution in [0, 0.1) is 0 Å². The Balaban J connectivity index is 2.20. The highest BCUT2D eigenvalue weighted by Gasteiger charge is 2.20. The number of imidazole rings is 1. The van der Waals surface area contributed by atoms with Crippen molar-refractivity contribution in [3.05, 3.63) is 17.7 Å². The number of aromatic nitrogens is 2. The molecule has 0 atom stereocenters. The summed E-state index contributed by atoms with van der Waals surface area (Å²) < 4.78 is 2.32. The minimum Gasteiger partial charge on any atom is -0.335 e. The van der Waals surface area contributed by atoms with Crippen LogP contribution in [0.3, 0.4) is 0 Å². The topological polar surface area (TPSA) is 17.8 Å². The molecular weight excluding hydrogens is 184 g/mol. The average Bonchev–Trinajstić information content (AvgIpc) is 2.61. The fourth-order valence-corrected chi connectivity index (χ4v) is 2.75. The summed E-state index contributed by atoms with van der Waals surface area (Å²) in [5, 5.41) is 0. The van der Waals surface area contributed by atoms with E-state index in [0.29, 0.717) is 5.92 Å². The van der Waals surface area contributed by atoms with Crippen molar-refractivity contribution in [1.82, 2.24) is 9.55 Å². The van der Waals surface area contributed by atoms with Crippen molar-refractivity contribution >= 4 is 0 Å². The SMILES string of the molecule is CC(C)c1ncc(C2CCCCC2)n1C. The highest BCUT2D eigenvalue weighted by atomic mass is 15.1. The Kier molecular flexibility index (Phi) is 3.13.